The van der Waals surface area contributed by atoms with Crippen molar-refractivity contribution in [2.75, 3.05) is 12.0 Å². The Balaban J connectivity index is 1.87. The van der Waals surface area contributed by atoms with Gasteiger partial charge in [-0.3, -0.25) is 9.69 Å². The maximum atomic E-state index is 13.7. The summed E-state index contributed by atoms with van der Waals surface area (Å²) in [5, 5.41) is 11.2. The van der Waals surface area contributed by atoms with Crippen molar-refractivity contribution < 1.29 is 14.6 Å². The lowest BCUT2D eigenvalue weighted by Gasteiger charge is -2.19. The Morgan fingerprint density at radius 3 is 2.44 bits per heavy atom. The number of para-hydroxylation sites is 2. The van der Waals surface area contributed by atoms with Gasteiger partial charge in [0.15, 0.2) is 16.7 Å². The van der Waals surface area contributed by atoms with E-state index in [2.05, 4.69) is 29.8 Å². The number of amidine groups is 1. The molecular formula is C27H25BrN2O3S. The van der Waals surface area contributed by atoms with Crippen molar-refractivity contribution >= 4 is 56.2 Å². The smallest absolute Gasteiger partial charge is 0.271 e. The monoisotopic (exact) mass is 536 g/mol. The number of aliphatic imine (C=N–C) groups is 1. The lowest BCUT2D eigenvalue weighted by Crippen LogP contribution is -2.29. The van der Waals surface area contributed by atoms with Crippen LogP contribution < -0.4 is 9.64 Å². The Labute approximate surface area is 212 Å². The SMILES string of the molecule is CCc1ccccc1N=C1SC(=Cc2cc(Br)cc(OC)c2O)C(=O)N1c1ccccc1CC. The number of rotatable bonds is 6. The number of aromatic hydroxyl groups is 1. The topological polar surface area (TPSA) is 62.1 Å². The van der Waals surface area contributed by atoms with Crippen LogP contribution in [0.15, 0.2) is 75.0 Å². The molecule has 1 aliphatic heterocycles. The summed E-state index contributed by atoms with van der Waals surface area (Å²) in [7, 11) is 1.49. The molecule has 7 heteroatoms. The Morgan fingerprint density at radius 2 is 1.74 bits per heavy atom. The quantitative estimate of drug-likeness (QED) is 0.341. The third-order valence-corrected chi connectivity index (χ3v) is 7.01. The summed E-state index contributed by atoms with van der Waals surface area (Å²) in [6, 6.07) is 19.3. The molecule has 1 saturated heterocycles. The molecule has 0 radical (unpaired) electrons. The van der Waals surface area contributed by atoms with Crippen molar-refractivity contribution in [1.29, 1.82) is 0 Å². The molecule has 3 aromatic carbocycles. The zero-order chi connectivity index (χ0) is 24.2. The van der Waals surface area contributed by atoms with Crippen molar-refractivity contribution in [3.05, 3.63) is 86.7 Å². The fourth-order valence-corrected chi connectivity index (χ4v) is 5.24. The summed E-state index contributed by atoms with van der Waals surface area (Å²) in [6.07, 6.45) is 3.31. The molecule has 0 aliphatic carbocycles. The van der Waals surface area contributed by atoms with Crippen molar-refractivity contribution in [1.82, 2.24) is 0 Å². The number of anilines is 1. The van der Waals surface area contributed by atoms with E-state index in [1.807, 2.05) is 48.5 Å². The summed E-state index contributed by atoms with van der Waals surface area (Å²) >= 11 is 4.74. The number of hydrogen-bond acceptors (Lipinski definition) is 5. The van der Waals surface area contributed by atoms with Gasteiger partial charge in [0.2, 0.25) is 0 Å². The Kier molecular flexibility index (Phi) is 7.44. The van der Waals surface area contributed by atoms with Crippen LogP contribution >= 0.6 is 27.7 Å². The number of aryl methyl sites for hydroxylation is 2. The lowest BCUT2D eigenvalue weighted by atomic mass is 10.1. The van der Waals surface area contributed by atoms with Gasteiger partial charge < -0.3 is 9.84 Å². The largest absolute Gasteiger partial charge is 0.504 e. The molecule has 1 fully saturated rings. The first-order chi connectivity index (χ1) is 16.5. The first kappa shape index (κ1) is 24.1. The fourth-order valence-electron chi connectivity index (χ4n) is 3.81. The number of phenolic OH excluding ortho intramolecular Hbond substituents is 1. The zero-order valence-electron chi connectivity index (χ0n) is 19.2. The molecule has 1 N–H and O–H groups in total. The highest BCUT2D eigenvalue weighted by Gasteiger charge is 2.36. The lowest BCUT2D eigenvalue weighted by molar-refractivity contribution is -0.113. The molecule has 1 heterocycles. The summed E-state index contributed by atoms with van der Waals surface area (Å²) in [5.74, 6) is 0.126. The van der Waals surface area contributed by atoms with Crippen molar-refractivity contribution in [2.45, 2.75) is 26.7 Å². The van der Waals surface area contributed by atoms with Gasteiger partial charge in [-0.05, 0) is 66.1 Å². The van der Waals surface area contributed by atoms with Gasteiger partial charge >= 0.3 is 0 Å². The normalized spacial score (nSPS) is 16.0. The third kappa shape index (κ3) is 4.76. The second-order valence-electron chi connectivity index (χ2n) is 7.66. The molecule has 3 aromatic rings. The van der Waals surface area contributed by atoms with Crippen LogP contribution in [0.25, 0.3) is 6.08 Å². The van der Waals surface area contributed by atoms with E-state index in [9.17, 15) is 9.90 Å². The number of carbonyl (C=O) groups is 1. The maximum absolute atomic E-state index is 13.7. The van der Waals surface area contributed by atoms with E-state index in [0.29, 0.717) is 21.4 Å². The first-order valence-corrected chi connectivity index (χ1v) is 12.6. The number of hydrogen-bond donors (Lipinski definition) is 1. The van der Waals surface area contributed by atoms with E-state index in [-0.39, 0.29) is 11.7 Å². The molecule has 34 heavy (non-hydrogen) atoms. The molecule has 0 atom stereocenters. The highest BCUT2D eigenvalue weighted by atomic mass is 79.9. The molecule has 0 unspecified atom stereocenters. The average Bonchev–Trinajstić information content (AvgIpc) is 3.15. The summed E-state index contributed by atoms with van der Waals surface area (Å²) in [5.41, 5.74) is 4.31. The van der Waals surface area contributed by atoms with Gasteiger partial charge in [-0.1, -0.05) is 66.2 Å². The number of thioether (sulfide) groups is 1. The van der Waals surface area contributed by atoms with E-state index in [4.69, 9.17) is 9.73 Å². The Hall–Kier alpha value is -3.03. The van der Waals surface area contributed by atoms with E-state index in [1.165, 1.54) is 18.9 Å². The van der Waals surface area contributed by atoms with Crippen molar-refractivity contribution in [3.63, 3.8) is 0 Å². The van der Waals surface area contributed by atoms with Gasteiger partial charge in [0.05, 0.1) is 23.4 Å². The third-order valence-electron chi connectivity index (χ3n) is 5.58. The first-order valence-electron chi connectivity index (χ1n) is 11.0. The fraction of sp³-hybridized carbons (Fsp3) is 0.185. The van der Waals surface area contributed by atoms with Crippen molar-refractivity contribution in [2.24, 2.45) is 4.99 Å². The second-order valence-corrected chi connectivity index (χ2v) is 9.58. The number of phenols is 1. The molecule has 0 spiro atoms. The predicted octanol–water partition coefficient (Wildman–Crippen LogP) is 7.10. The van der Waals surface area contributed by atoms with Gasteiger partial charge in [-0.25, -0.2) is 4.99 Å². The molecule has 1 aliphatic rings. The van der Waals surface area contributed by atoms with E-state index < -0.39 is 0 Å². The van der Waals surface area contributed by atoms with Gasteiger partial charge in [0.25, 0.3) is 5.91 Å². The van der Waals surface area contributed by atoms with Gasteiger partial charge in [-0.2, -0.15) is 0 Å². The minimum Gasteiger partial charge on any atom is -0.504 e. The van der Waals surface area contributed by atoms with E-state index >= 15 is 0 Å². The van der Waals surface area contributed by atoms with Crippen LogP contribution in [0.2, 0.25) is 0 Å². The molecule has 1 amide bonds. The van der Waals surface area contributed by atoms with Crippen LogP contribution in [0.5, 0.6) is 11.5 Å². The van der Waals surface area contributed by atoms with Crippen LogP contribution in [0.4, 0.5) is 11.4 Å². The van der Waals surface area contributed by atoms with Crippen LogP contribution in [0.1, 0.15) is 30.5 Å². The van der Waals surface area contributed by atoms with Gasteiger partial charge in [0, 0.05) is 10.0 Å². The number of benzene rings is 3. The standard InChI is InChI=1S/C27H25BrN2O3S/c1-4-17-10-6-8-12-21(17)29-27-30(22-13-9-7-11-18(22)5-2)26(32)24(34-27)15-19-14-20(28)16-23(33-3)25(19)31/h6-16,31H,4-5H2,1-3H3. The number of nitrogens with zero attached hydrogens (tertiary/aromatic N) is 2. The van der Waals surface area contributed by atoms with Crippen LogP contribution in [0.3, 0.4) is 0 Å². The molecule has 0 bridgehead atoms. The zero-order valence-corrected chi connectivity index (χ0v) is 21.6. The number of methoxy groups -OCH3 is 1. The highest BCUT2D eigenvalue weighted by Crippen LogP contribution is 2.41. The second kappa shape index (κ2) is 10.5. The molecule has 5 nitrogen and oxygen atoms in total. The minimum absolute atomic E-state index is 0.0196. The average molecular weight is 537 g/mol. The number of halogens is 1. The predicted molar refractivity (Wildman–Crippen MR) is 144 cm³/mol. The Morgan fingerprint density at radius 1 is 1.06 bits per heavy atom. The number of amides is 1. The van der Waals surface area contributed by atoms with Crippen molar-refractivity contribution in [3.8, 4) is 11.5 Å². The maximum Gasteiger partial charge on any atom is 0.271 e. The molecule has 174 valence electrons. The van der Waals surface area contributed by atoms with Crippen LogP contribution in [-0.4, -0.2) is 23.3 Å². The number of carbonyl (C=O) groups excluding carboxylic acids is 1. The van der Waals surface area contributed by atoms with Gasteiger partial charge in [0.1, 0.15) is 0 Å². The van der Waals surface area contributed by atoms with Crippen LogP contribution in [0, 0.1) is 0 Å². The number of ether oxygens (including phenoxy) is 1. The van der Waals surface area contributed by atoms with Gasteiger partial charge in [-0.15, -0.1) is 0 Å². The van der Waals surface area contributed by atoms with Crippen LogP contribution in [-0.2, 0) is 17.6 Å². The molecular weight excluding hydrogens is 512 g/mol. The molecule has 4 rings (SSSR count). The highest BCUT2D eigenvalue weighted by molar-refractivity contribution is 9.10. The van der Waals surface area contributed by atoms with E-state index in [1.54, 1.807) is 23.1 Å². The van der Waals surface area contributed by atoms with E-state index in [0.717, 1.165) is 39.8 Å². The summed E-state index contributed by atoms with van der Waals surface area (Å²) < 4.78 is 6.01. The molecule has 0 saturated carbocycles. The minimum atomic E-state index is -0.183. The summed E-state index contributed by atoms with van der Waals surface area (Å²) in [6.45, 7) is 4.16. The Bertz CT molecular complexity index is 1300. The summed E-state index contributed by atoms with van der Waals surface area (Å²) in [4.78, 5) is 20.8. The molecule has 0 aromatic heterocycles.